The first-order valence-electron chi connectivity index (χ1n) is 7.35. The summed E-state index contributed by atoms with van der Waals surface area (Å²) in [6.45, 7) is 3.97. The number of rotatable bonds is 6. The molecule has 1 heterocycles. The monoisotopic (exact) mass is 306 g/mol. The summed E-state index contributed by atoms with van der Waals surface area (Å²) >= 11 is 0. The molecule has 1 aliphatic rings. The molecule has 2 N–H and O–H groups in total. The fourth-order valence-corrected chi connectivity index (χ4v) is 2.50. The summed E-state index contributed by atoms with van der Waals surface area (Å²) in [5, 5.41) is 12.5. The van der Waals surface area contributed by atoms with E-state index in [9.17, 15) is 14.7 Å². The van der Waals surface area contributed by atoms with Crippen LogP contribution in [-0.4, -0.2) is 55.2 Å². The van der Waals surface area contributed by atoms with E-state index in [1.54, 1.807) is 31.1 Å². The Balaban J connectivity index is 1.84. The maximum Gasteiger partial charge on any atom is 0.251 e. The number of likely N-dealkylation sites (tertiary alicyclic amines) is 1. The fourth-order valence-electron chi connectivity index (χ4n) is 2.50. The molecule has 1 unspecified atom stereocenters. The van der Waals surface area contributed by atoms with E-state index >= 15 is 0 Å². The number of ether oxygens (including phenoxy) is 1. The predicted octanol–water partition coefficient (Wildman–Crippen LogP) is 0.925. The van der Waals surface area contributed by atoms with Gasteiger partial charge in [0.05, 0.1) is 6.61 Å². The molecule has 0 bridgehead atoms. The van der Waals surface area contributed by atoms with Crippen LogP contribution in [0.2, 0.25) is 0 Å². The summed E-state index contributed by atoms with van der Waals surface area (Å²) in [4.78, 5) is 25.6. The maximum absolute atomic E-state index is 12.1. The number of benzene rings is 1. The topological polar surface area (TPSA) is 78.9 Å². The number of phenolic OH excluding ortho intramolecular Hbond substituents is 1. The van der Waals surface area contributed by atoms with Gasteiger partial charge in [-0.25, -0.2) is 0 Å². The molecule has 1 fully saturated rings. The van der Waals surface area contributed by atoms with Crippen molar-refractivity contribution in [1.82, 2.24) is 10.2 Å². The van der Waals surface area contributed by atoms with E-state index in [-0.39, 0.29) is 23.5 Å². The van der Waals surface area contributed by atoms with Crippen LogP contribution in [0.4, 0.5) is 0 Å². The highest BCUT2D eigenvalue weighted by molar-refractivity contribution is 5.94. The number of nitrogens with one attached hydrogen (secondary N) is 1. The van der Waals surface area contributed by atoms with E-state index in [0.717, 1.165) is 5.56 Å². The summed E-state index contributed by atoms with van der Waals surface area (Å²) in [7, 11) is 1.61. The van der Waals surface area contributed by atoms with Gasteiger partial charge in [0.25, 0.3) is 5.91 Å². The third-order valence-corrected chi connectivity index (χ3v) is 3.88. The van der Waals surface area contributed by atoms with Gasteiger partial charge in [-0.05, 0) is 24.6 Å². The Morgan fingerprint density at radius 3 is 2.95 bits per heavy atom. The highest BCUT2D eigenvalue weighted by Gasteiger charge is 2.29. The molecule has 6 heteroatoms. The number of aryl methyl sites for hydroxylation is 1. The summed E-state index contributed by atoms with van der Waals surface area (Å²) in [5.74, 6) is 0.0872. The smallest absolute Gasteiger partial charge is 0.251 e. The number of aromatic hydroxyl groups is 1. The zero-order valence-corrected chi connectivity index (χ0v) is 13.0. The van der Waals surface area contributed by atoms with Gasteiger partial charge in [0.1, 0.15) is 5.75 Å². The molecule has 6 nitrogen and oxygen atoms in total. The number of methoxy groups -OCH3 is 1. The molecule has 0 saturated carbocycles. The summed E-state index contributed by atoms with van der Waals surface area (Å²) in [5.41, 5.74) is 1.15. The second-order valence-corrected chi connectivity index (χ2v) is 5.61. The first kappa shape index (κ1) is 16.3. The molecule has 1 aromatic carbocycles. The molecule has 1 aliphatic heterocycles. The molecular weight excluding hydrogens is 284 g/mol. The number of hydrogen-bond donors (Lipinski definition) is 2. The molecule has 1 saturated heterocycles. The van der Waals surface area contributed by atoms with E-state index < -0.39 is 0 Å². The lowest BCUT2D eigenvalue weighted by Gasteiger charge is -2.16. The van der Waals surface area contributed by atoms with Crippen molar-refractivity contribution in [2.45, 2.75) is 13.3 Å². The second kappa shape index (κ2) is 7.26. The van der Waals surface area contributed by atoms with Crippen LogP contribution in [0.3, 0.4) is 0 Å². The van der Waals surface area contributed by atoms with Crippen LogP contribution in [0.5, 0.6) is 5.75 Å². The number of carbonyl (C=O) groups excluding carboxylic acids is 2. The molecule has 0 radical (unpaired) electrons. The van der Waals surface area contributed by atoms with Gasteiger partial charge in [0.15, 0.2) is 0 Å². The van der Waals surface area contributed by atoms with Crippen LogP contribution >= 0.6 is 0 Å². The number of nitrogens with zero attached hydrogens (tertiary/aromatic N) is 1. The van der Waals surface area contributed by atoms with Crippen LogP contribution in [-0.2, 0) is 9.53 Å². The average molecular weight is 306 g/mol. The van der Waals surface area contributed by atoms with Gasteiger partial charge < -0.3 is 20.1 Å². The van der Waals surface area contributed by atoms with Crippen LogP contribution < -0.4 is 5.32 Å². The van der Waals surface area contributed by atoms with Crippen LogP contribution in [0, 0.1) is 12.8 Å². The minimum absolute atomic E-state index is 0.101. The lowest BCUT2D eigenvalue weighted by Crippen LogP contribution is -2.32. The quantitative estimate of drug-likeness (QED) is 0.819. The molecule has 0 spiro atoms. The molecule has 2 rings (SSSR count). The molecular formula is C16H22N2O4. The van der Waals surface area contributed by atoms with E-state index in [0.29, 0.717) is 38.2 Å². The van der Waals surface area contributed by atoms with Crippen molar-refractivity contribution in [3.8, 4) is 5.75 Å². The van der Waals surface area contributed by atoms with Crippen molar-refractivity contribution < 1.29 is 19.4 Å². The van der Waals surface area contributed by atoms with Gasteiger partial charge in [-0.15, -0.1) is 0 Å². The molecule has 120 valence electrons. The van der Waals surface area contributed by atoms with Gasteiger partial charge in [0, 0.05) is 44.6 Å². The molecule has 0 aromatic heterocycles. The van der Waals surface area contributed by atoms with Crippen LogP contribution in [0.15, 0.2) is 18.2 Å². The minimum atomic E-state index is -0.238. The maximum atomic E-state index is 12.1. The van der Waals surface area contributed by atoms with Crippen molar-refractivity contribution in [3.05, 3.63) is 29.3 Å². The van der Waals surface area contributed by atoms with E-state index in [1.165, 1.54) is 6.07 Å². The number of amides is 2. The predicted molar refractivity (Wildman–Crippen MR) is 81.7 cm³/mol. The van der Waals surface area contributed by atoms with Gasteiger partial charge in [0.2, 0.25) is 5.91 Å². The Morgan fingerprint density at radius 2 is 2.27 bits per heavy atom. The van der Waals surface area contributed by atoms with Gasteiger partial charge in [-0.3, -0.25) is 9.59 Å². The zero-order valence-electron chi connectivity index (χ0n) is 13.0. The SMILES string of the molecule is COCCN1CC(CNC(=O)c2ccc(C)c(O)c2)CC1=O. The van der Waals surface area contributed by atoms with E-state index in [2.05, 4.69) is 5.32 Å². The Morgan fingerprint density at radius 1 is 1.50 bits per heavy atom. The average Bonchev–Trinajstić information content (AvgIpc) is 2.85. The lowest BCUT2D eigenvalue weighted by molar-refractivity contribution is -0.128. The molecule has 1 atom stereocenters. The Labute approximate surface area is 130 Å². The van der Waals surface area contributed by atoms with E-state index in [4.69, 9.17) is 4.74 Å². The Bertz CT molecular complexity index is 559. The van der Waals surface area contributed by atoms with Crippen molar-refractivity contribution in [3.63, 3.8) is 0 Å². The fraction of sp³-hybridized carbons (Fsp3) is 0.500. The van der Waals surface area contributed by atoms with Crippen LogP contribution in [0.25, 0.3) is 0 Å². The number of carbonyl (C=O) groups is 2. The number of hydrogen-bond acceptors (Lipinski definition) is 4. The second-order valence-electron chi connectivity index (χ2n) is 5.61. The number of phenols is 1. The third-order valence-electron chi connectivity index (χ3n) is 3.88. The lowest BCUT2D eigenvalue weighted by atomic mass is 10.1. The first-order valence-corrected chi connectivity index (χ1v) is 7.35. The highest BCUT2D eigenvalue weighted by Crippen LogP contribution is 2.19. The normalized spacial score (nSPS) is 17.8. The van der Waals surface area contributed by atoms with Gasteiger partial charge in [-0.1, -0.05) is 6.07 Å². The Hall–Kier alpha value is -2.08. The van der Waals surface area contributed by atoms with Crippen LogP contribution in [0.1, 0.15) is 22.3 Å². The zero-order chi connectivity index (χ0) is 16.1. The molecule has 22 heavy (non-hydrogen) atoms. The van der Waals surface area contributed by atoms with E-state index in [1.807, 2.05) is 0 Å². The van der Waals surface area contributed by atoms with Crippen molar-refractivity contribution in [1.29, 1.82) is 0 Å². The van der Waals surface area contributed by atoms with Gasteiger partial charge >= 0.3 is 0 Å². The standard InChI is InChI=1S/C16H22N2O4/c1-11-3-4-13(8-14(11)19)16(21)17-9-12-7-15(20)18(10-12)5-6-22-2/h3-4,8,12,19H,5-7,9-10H2,1-2H3,(H,17,21). The van der Waals surface area contributed by atoms with Crippen molar-refractivity contribution >= 4 is 11.8 Å². The van der Waals surface area contributed by atoms with Crippen molar-refractivity contribution in [2.24, 2.45) is 5.92 Å². The summed E-state index contributed by atoms with van der Waals surface area (Å²) in [6, 6.07) is 4.83. The molecule has 2 amide bonds. The molecule has 0 aliphatic carbocycles. The minimum Gasteiger partial charge on any atom is -0.508 e. The Kier molecular flexibility index (Phi) is 5.38. The van der Waals surface area contributed by atoms with Crippen molar-refractivity contribution in [2.75, 3.05) is 33.4 Å². The summed E-state index contributed by atoms with van der Waals surface area (Å²) < 4.78 is 4.98. The first-order chi connectivity index (χ1) is 10.5. The third kappa shape index (κ3) is 3.98. The largest absolute Gasteiger partial charge is 0.508 e. The highest BCUT2D eigenvalue weighted by atomic mass is 16.5. The summed E-state index contributed by atoms with van der Waals surface area (Å²) in [6.07, 6.45) is 0.448. The van der Waals surface area contributed by atoms with Gasteiger partial charge in [-0.2, -0.15) is 0 Å². The molecule has 1 aromatic rings.